The van der Waals surface area contributed by atoms with Crippen LogP contribution in [0, 0.1) is 15.9 Å². The van der Waals surface area contributed by atoms with Gasteiger partial charge in [0.15, 0.2) is 0 Å². The molecule has 166 valence electrons. The summed E-state index contributed by atoms with van der Waals surface area (Å²) in [6, 6.07) is 10.6. The van der Waals surface area contributed by atoms with Crippen LogP contribution in [0.25, 0.3) is 0 Å². The number of carbonyl (C=O) groups is 2. The minimum absolute atomic E-state index is 0.0455. The van der Waals surface area contributed by atoms with Crippen molar-refractivity contribution in [3.8, 4) is 0 Å². The lowest BCUT2D eigenvalue weighted by Crippen LogP contribution is -2.59. The van der Waals surface area contributed by atoms with Crippen molar-refractivity contribution < 1.29 is 9.59 Å². The van der Waals surface area contributed by atoms with E-state index in [4.69, 9.17) is 0 Å². The number of urea groups is 1. The minimum Gasteiger partial charge on any atom is -0.368 e. The van der Waals surface area contributed by atoms with Gasteiger partial charge in [0.1, 0.15) is 6.04 Å². The zero-order chi connectivity index (χ0) is 22.6. The van der Waals surface area contributed by atoms with Crippen LogP contribution in [0.5, 0.6) is 0 Å². The molecule has 3 amide bonds. The fraction of sp³-hybridized carbons (Fsp3) is 0.435. The maximum Gasteiger partial charge on any atom is 0.319 e. The van der Waals surface area contributed by atoms with Gasteiger partial charge in [0.05, 0.1) is 0 Å². The Balaban J connectivity index is 1.62. The summed E-state index contributed by atoms with van der Waals surface area (Å²) < 4.78 is 1.09. The average molecular weight is 535 g/mol. The lowest BCUT2D eigenvalue weighted by molar-refractivity contribution is -0.136. The number of piperazine rings is 1. The second-order valence-corrected chi connectivity index (χ2v) is 10.1. The molecule has 2 N–H and O–H groups in total. The summed E-state index contributed by atoms with van der Waals surface area (Å²) in [6.07, 6.45) is 1.81. The third-order valence-corrected chi connectivity index (χ3v) is 6.05. The SMILES string of the molecule is Cc1cc(N2CCN(C(=O)[C@H](NC(=O)Nc3ccc(I)cc3)C(C)(C)C)CC2)ccn1. The Morgan fingerprint density at radius 3 is 2.29 bits per heavy atom. The second kappa shape index (κ2) is 9.84. The molecule has 7 nitrogen and oxygen atoms in total. The first kappa shape index (κ1) is 23.3. The number of rotatable bonds is 4. The number of nitrogens with one attached hydrogen (secondary N) is 2. The van der Waals surface area contributed by atoms with E-state index in [1.807, 2.05) is 69.1 Å². The first-order chi connectivity index (χ1) is 14.6. The summed E-state index contributed by atoms with van der Waals surface area (Å²) in [5.74, 6) is -0.0455. The van der Waals surface area contributed by atoms with Gasteiger partial charge in [-0.1, -0.05) is 20.8 Å². The third kappa shape index (κ3) is 6.32. The van der Waals surface area contributed by atoms with Crippen LogP contribution < -0.4 is 15.5 Å². The van der Waals surface area contributed by atoms with Crippen LogP contribution in [-0.2, 0) is 4.79 Å². The molecule has 3 rings (SSSR count). The largest absolute Gasteiger partial charge is 0.368 e. The van der Waals surface area contributed by atoms with Gasteiger partial charge in [-0.15, -0.1) is 0 Å². The topological polar surface area (TPSA) is 77.6 Å². The van der Waals surface area contributed by atoms with Gasteiger partial charge in [0.2, 0.25) is 5.91 Å². The average Bonchev–Trinajstić information content (AvgIpc) is 2.72. The number of benzene rings is 1. The lowest BCUT2D eigenvalue weighted by atomic mass is 9.85. The molecule has 8 heteroatoms. The van der Waals surface area contributed by atoms with Gasteiger partial charge in [0, 0.05) is 53.0 Å². The summed E-state index contributed by atoms with van der Waals surface area (Å²) in [7, 11) is 0. The molecule has 1 saturated heterocycles. The molecule has 0 spiro atoms. The Bertz CT molecular complexity index is 918. The van der Waals surface area contributed by atoms with Crippen molar-refractivity contribution in [1.82, 2.24) is 15.2 Å². The highest BCUT2D eigenvalue weighted by Gasteiger charge is 2.36. The molecule has 0 saturated carbocycles. The number of aryl methyl sites for hydroxylation is 1. The number of pyridine rings is 1. The Kier molecular flexibility index (Phi) is 7.40. The second-order valence-electron chi connectivity index (χ2n) is 8.87. The molecule has 1 aromatic heterocycles. The van der Waals surface area contributed by atoms with E-state index in [0.717, 1.165) is 28.0 Å². The maximum absolute atomic E-state index is 13.3. The van der Waals surface area contributed by atoms with Gasteiger partial charge in [-0.3, -0.25) is 9.78 Å². The van der Waals surface area contributed by atoms with E-state index < -0.39 is 11.5 Å². The molecule has 1 aliphatic rings. The number of hydrogen-bond donors (Lipinski definition) is 2. The minimum atomic E-state index is -0.619. The molecule has 31 heavy (non-hydrogen) atoms. The van der Waals surface area contributed by atoms with Crippen molar-refractivity contribution in [2.45, 2.75) is 33.7 Å². The zero-order valence-electron chi connectivity index (χ0n) is 18.5. The number of aromatic nitrogens is 1. The highest BCUT2D eigenvalue weighted by atomic mass is 127. The van der Waals surface area contributed by atoms with Gasteiger partial charge in [-0.2, -0.15) is 0 Å². The molecule has 2 aromatic rings. The molecule has 1 fully saturated rings. The molecular formula is C23H30IN5O2. The Labute approximate surface area is 197 Å². The van der Waals surface area contributed by atoms with Crippen molar-refractivity contribution in [2.24, 2.45) is 5.41 Å². The molecule has 0 radical (unpaired) electrons. The van der Waals surface area contributed by atoms with Crippen LogP contribution in [0.15, 0.2) is 42.6 Å². The molecule has 2 heterocycles. The number of carbonyl (C=O) groups excluding carboxylic acids is 2. The number of amides is 3. The van der Waals surface area contributed by atoms with E-state index in [2.05, 4.69) is 49.2 Å². The van der Waals surface area contributed by atoms with E-state index >= 15 is 0 Å². The summed E-state index contributed by atoms with van der Waals surface area (Å²) >= 11 is 2.22. The number of anilines is 2. The van der Waals surface area contributed by atoms with Gasteiger partial charge in [0.25, 0.3) is 0 Å². The van der Waals surface area contributed by atoms with Crippen LogP contribution in [0.3, 0.4) is 0 Å². The van der Waals surface area contributed by atoms with Crippen LogP contribution in [-0.4, -0.2) is 54.0 Å². The monoisotopic (exact) mass is 535 g/mol. The van der Waals surface area contributed by atoms with Gasteiger partial charge in [-0.05, 0) is 71.3 Å². The van der Waals surface area contributed by atoms with Crippen LogP contribution in [0.1, 0.15) is 26.5 Å². The Morgan fingerprint density at radius 2 is 1.71 bits per heavy atom. The first-order valence-corrected chi connectivity index (χ1v) is 11.5. The van der Waals surface area contributed by atoms with Crippen molar-refractivity contribution in [3.63, 3.8) is 0 Å². The highest BCUT2D eigenvalue weighted by molar-refractivity contribution is 14.1. The van der Waals surface area contributed by atoms with Crippen LogP contribution in [0.2, 0.25) is 0 Å². The summed E-state index contributed by atoms with van der Waals surface area (Å²) in [6.45, 7) is 10.6. The number of hydrogen-bond acceptors (Lipinski definition) is 4. The fourth-order valence-corrected chi connectivity index (χ4v) is 3.93. The molecular weight excluding hydrogens is 505 g/mol. The molecule has 0 aliphatic carbocycles. The smallest absolute Gasteiger partial charge is 0.319 e. The van der Waals surface area contributed by atoms with Crippen molar-refractivity contribution in [2.75, 3.05) is 36.4 Å². The molecule has 0 bridgehead atoms. The van der Waals surface area contributed by atoms with Gasteiger partial charge >= 0.3 is 6.03 Å². The van der Waals surface area contributed by atoms with Crippen molar-refractivity contribution in [1.29, 1.82) is 0 Å². The zero-order valence-corrected chi connectivity index (χ0v) is 20.6. The third-order valence-electron chi connectivity index (χ3n) is 5.33. The van der Waals surface area contributed by atoms with Crippen molar-refractivity contribution in [3.05, 3.63) is 51.9 Å². The van der Waals surface area contributed by atoms with Crippen molar-refractivity contribution >= 4 is 45.9 Å². The molecule has 1 aromatic carbocycles. The standard InChI is InChI=1S/C23H30IN5O2/c1-16-15-19(9-10-25-16)28-11-13-29(14-12-28)21(30)20(23(2,3)4)27-22(31)26-18-7-5-17(24)6-8-18/h5-10,15,20H,11-14H2,1-4H3,(H2,26,27,31)/t20-/m0/s1. The maximum atomic E-state index is 13.3. The quantitative estimate of drug-likeness (QED) is 0.583. The fourth-order valence-electron chi connectivity index (χ4n) is 3.58. The summed E-state index contributed by atoms with van der Waals surface area (Å²) in [5, 5.41) is 5.73. The lowest BCUT2D eigenvalue weighted by Gasteiger charge is -2.40. The number of halogens is 1. The van der Waals surface area contributed by atoms with E-state index in [0.29, 0.717) is 18.8 Å². The van der Waals surface area contributed by atoms with Crippen LogP contribution >= 0.6 is 22.6 Å². The highest BCUT2D eigenvalue weighted by Crippen LogP contribution is 2.23. The van der Waals surface area contributed by atoms with Crippen LogP contribution in [0.4, 0.5) is 16.2 Å². The molecule has 1 atom stereocenters. The normalized spacial score (nSPS) is 15.4. The van der Waals surface area contributed by atoms with E-state index in [1.54, 1.807) is 0 Å². The summed E-state index contributed by atoms with van der Waals surface area (Å²) in [5.41, 5.74) is 2.38. The van der Waals surface area contributed by atoms with Gasteiger partial charge in [-0.25, -0.2) is 4.79 Å². The number of nitrogens with zero attached hydrogens (tertiary/aromatic N) is 3. The summed E-state index contributed by atoms with van der Waals surface area (Å²) in [4.78, 5) is 34.3. The predicted molar refractivity (Wildman–Crippen MR) is 132 cm³/mol. The molecule has 0 unspecified atom stereocenters. The Hall–Kier alpha value is -2.36. The van der Waals surface area contributed by atoms with Gasteiger partial charge < -0.3 is 20.4 Å². The van der Waals surface area contributed by atoms with E-state index in [9.17, 15) is 9.59 Å². The van der Waals surface area contributed by atoms with E-state index in [1.165, 1.54) is 0 Å². The predicted octanol–water partition coefficient (Wildman–Crippen LogP) is 3.88. The first-order valence-electron chi connectivity index (χ1n) is 10.4. The van der Waals surface area contributed by atoms with E-state index in [-0.39, 0.29) is 11.9 Å². The Morgan fingerprint density at radius 1 is 1.06 bits per heavy atom. The molecule has 1 aliphatic heterocycles.